The summed E-state index contributed by atoms with van der Waals surface area (Å²) in [6.07, 6.45) is -5.32. The number of phenolic OH excluding ortho intramolecular Hbond substituents is 1. The van der Waals surface area contributed by atoms with Crippen molar-refractivity contribution in [3.63, 3.8) is 0 Å². The van der Waals surface area contributed by atoms with Crippen LogP contribution in [0.15, 0.2) is 35.4 Å². The predicted octanol–water partition coefficient (Wildman–Crippen LogP) is -1.34. The number of hydrogen-bond donors (Lipinski definition) is 5. The number of hydrogen-bond acceptors (Lipinski definition) is 11. The number of ether oxygens (including phenoxy) is 2. The van der Waals surface area contributed by atoms with E-state index in [1.807, 2.05) is 0 Å². The number of fused-ring (bicyclic) bond motifs is 1. The average molecular weight is 475 g/mol. The summed E-state index contributed by atoms with van der Waals surface area (Å²) in [6, 6.07) is 5.99. The maximum Gasteiger partial charge on any atom is 0.335 e. The molecule has 13 nitrogen and oxygen atoms in total. The Morgan fingerprint density at radius 1 is 1.26 bits per heavy atom. The summed E-state index contributed by atoms with van der Waals surface area (Å²) >= 11 is 0. The molecule has 13 heteroatoms. The van der Waals surface area contributed by atoms with E-state index in [9.17, 15) is 30.0 Å². The van der Waals surface area contributed by atoms with Gasteiger partial charge < -0.3 is 34.8 Å². The number of phenols is 1. The summed E-state index contributed by atoms with van der Waals surface area (Å²) in [7, 11) is 3.38. The molecule has 5 atom stereocenters. The van der Waals surface area contributed by atoms with E-state index >= 15 is 0 Å². The Hall–Kier alpha value is -3.52. The van der Waals surface area contributed by atoms with Crippen LogP contribution in [0.1, 0.15) is 11.8 Å². The smallest absolute Gasteiger partial charge is 0.335 e. The molecule has 0 spiro atoms. The first-order valence-electron chi connectivity index (χ1n) is 10.4. The Morgan fingerprint density at radius 3 is 2.65 bits per heavy atom. The molecule has 0 bridgehead atoms. The van der Waals surface area contributed by atoms with Crippen LogP contribution in [0, 0.1) is 0 Å². The van der Waals surface area contributed by atoms with Crippen molar-refractivity contribution in [2.75, 3.05) is 25.6 Å². The molecule has 1 saturated heterocycles. The first-order chi connectivity index (χ1) is 16.2. The van der Waals surface area contributed by atoms with Crippen molar-refractivity contribution in [3.05, 3.63) is 46.5 Å². The third-order valence-corrected chi connectivity index (χ3v) is 5.48. The molecule has 3 unspecified atom stereocenters. The monoisotopic (exact) mass is 475 g/mol. The molecule has 1 fully saturated rings. The second-order valence-corrected chi connectivity index (χ2v) is 8.17. The van der Waals surface area contributed by atoms with E-state index in [1.54, 1.807) is 31.1 Å². The van der Waals surface area contributed by atoms with Gasteiger partial charge in [0.05, 0.1) is 6.33 Å². The van der Waals surface area contributed by atoms with Gasteiger partial charge in [0.1, 0.15) is 30.7 Å². The number of aliphatic hydroxyl groups excluding tert-OH is 3. The number of carbonyl (C=O) groups is 1. The molecule has 1 aromatic carbocycles. The first-order valence-corrected chi connectivity index (χ1v) is 10.4. The molecule has 3 aromatic rings. The number of rotatable bonds is 7. The van der Waals surface area contributed by atoms with Crippen LogP contribution in [0.2, 0.25) is 0 Å². The molecule has 0 radical (unpaired) electrons. The summed E-state index contributed by atoms with van der Waals surface area (Å²) < 4.78 is 12.1. The van der Waals surface area contributed by atoms with Gasteiger partial charge in [-0.2, -0.15) is 4.98 Å². The fourth-order valence-corrected chi connectivity index (χ4v) is 3.61. The number of aromatic amines is 1. The molecular formula is C21H25N5O8. The molecule has 4 rings (SSSR count). The minimum Gasteiger partial charge on any atom is -0.508 e. The van der Waals surface area contributed by atoms with Gasteiger partial charge >= 0.3 is 5.97 Å². The van der Waals surface area contributed by atoms with Gasteiger partial charge in [-0.25, -0.2) is 9.78 Å². The van der Waals surface area contributed by atoms with Crippen LogP contribution < -0.4 is 10.5 Å². The van der Waals surface area contributed by atoms with Crippen LogP contribution in [-0.4, -0.2) is 91.0 Å². The molecule has 0 saturated carbocycles. The van der Waals surface area contributed by atoms with Crippen LogP contribution in [-0.2, 0) is 20.7 Å². The Bertz CT molecular complexity index is 1220. The molecule has 2 aromatic heterocycles. The quantitative estimate of drug-likeness (QED) is 0.255. The highest BCUT2D eigenvalue weighted by Gasteiger charge is 2.45. The highest BCUT2D eigenvalue weighted by Crippen LogP contribution is 2.31. The number of imidazole rings is 1. The second-order valence-electron chi connectivity index (χ2n) is 8.17. The summed E-state index contributed by atoms with van der Waals surface area (Å²) in [5.74, 6) is -0.608. The zero-order valence-corrected chi connectivity index (χ0v) is 18.4. The average Bonchev–Trinajstić information content (AvgIpc) is 3.35. The maximum atomic E-state index is 12.3. The van der Waals surface area contributed by atoms with E-state index < -0.39 is 48.8 Å². The number of carbonyl (C=O) groups excluding carboxylic acids is 1. The van der Waals surface area contributed by atoms with Crippen molar-refractivity contribution < 1.29 is 34.7 Å². The zero-order valence-electron chi connectivity index (χ0n) is 18.4. The minimum absolute atomic E-state index is 0.0307. The van der Waals surface area contributed by atoms with Gasteiger partial charge in [0, 0.05) is 20.5 Å². The molecule has 3 heterocycles. The first kappa shape index (κ1) is 23.6. The molecule has 1 aliphatic rings. The van der Waals surface area contributed by atoms with Gasteiger partial charge in [-0.1, -0.05) is 12.1 Å². The van der Waals surface area contributed by atoms with Crippen LogP contribution in [0.3, 0.4) is 0 Å². The molecule has 34 heavy (non-hydrogen) atoms. The van der Waals surface area contributed by atoms with Crippen molar-refractivity contribution >= 4 is 23.1 Å². The number of esters is 1. The lowest BCUT2D eigenvalue weighted by molar-refractivity contribution is -0.159. The molecular weight excluding hydrogens is 450 g/mol. The van der Waals surface area contributed by atoms with Crippen molar-refractivity contribution in [1.82, 2.24) is 19.5 Å². The number of nitrogens with zero attached hydrogens (tertiary/aromatic N) is 4. The van der Waals surface area contributed by atoms with Crippen LogP contribution in [0.5, 0.6) is 5.75 Å². The largest absolute Gasteiger partial charge is 0.508 e. The Labute approximate surface area is 192 Å². The standard InChI is InChI=1S/C21H25N5O8/c1-25(2)21-23-17-14(18(31)24-21)22-9-26(17)19-16(30)15(29)13(34-19)8-33-20(32)12(28)7-10-3-5-11(27)6-4-10/h3-6,9,12-13,15-16,19,27-30H,7-8H2,1-2H3,(H,23,24,31)/t12?,13-,15?,16?,19-/m1/s1. The normalized spacial score (nSPS) is 23.2. The number of H-pyrrole nitrogens is 1. The van der Waals surface area contributed by atoms with E-state index in [0.29, 0.717) is 5.56 Å². The van der Waals surface area contributed by atoms with E-state index in [0.717, 1.165) is 0 Å². The Kier molecular flexibility index (Phi) is 6.52. The molecule has 182 valence electrons. The van der Waals surface area contributed by atoms with Crippen molar-refractivity contribution in [2.24, 2.45) is 0 Å². The van der Waals surface area contributed by atoms with Gasteiger partial charge in [0.2, 0.25) is 5.95 Å². The summed E-state index contributed by atoms with van der Waals surface area (Å²) in [4.78, 5) is 37.0. The van der Waals surface area contributed by atoms with Gasteiger partial charge in [-0.05, 0) is 17.7 Å². The molecule has 1 aliphatic heterocycles. The highest BCUT2D eigenvalue weighted by atomic mass is 16.6. The lowest BCUT2D eigenvalue weighted by Crippen LogP contribution is -2.36. The number of anilines is 1. The Balaban J connectivity index is 1.44. The minimum atomic E-state index is -1.47. The van der Waals surface area contributed by atoms with E-state index in [1.165, 1.54) is 23.0 Å². The molecule has 5 N–H and O–H groups in total. The zero-order chi connectivity index (χ0) is 24.6. The number of benzene rings is 1. The van der Waals surface area contributed by atoms with Crippen LogP contribution in [0.25, 0.3) is 11.2 Å². The fraction of sp³-hybridized carbons (Fsp3) is 0.429. The van der Waals surface area contributed by atoms with Crippen molar-refractivity contribution in [2.45, 2.75) is 37.1 Å². The van der Waals surface area contributed by atoms with Crippen molar-refractivity contribution in [3.8, 4) is 5.75 Å². The highest BCUT2D eigenvalue weighted by molar-refractivity contribution is 5.74. The van der Waals surface area contributed by atoms with Gasteiger partial charge in [0.25, 0.3) is 5.56 Å². The predicted molar refractivity (Wildman–Crippen MR) is 117 cm³/mol. The number of aliphatic hydroxyl groups is 3. The number of aromatic hydroxyl groups is 1. The number of nitrogens with one attached hydrogen (secondary N) is 1. The van der Waals surface area contributed by atoms with Gasteiger partial charge in [-0.3, -0.25) is 14.3 Å². The summed E-state index contributed by atoms with van der Waals surface area (Å²) in [5.41, 5.74) is 0.309. The van der Waals surface area contributed by atoms with Gasteiger partial charge in [-0.15, -0.1) is 0 Å². The Morgan fingerprint density at radius 2 is 1.97 bits per heavy atom. The fourth-order valence-electron chi connectivity index (χ4n) is 3.61. The second kappa shape index (κ2) is 9.38. The van der Waals surface area contributed by atoms with Crippen LogP contribution in [0.4, 0.5) is 5.95 Å². The number of aromatic nitrogens is 4. The van der Waals surface area contributed by atoms with Gasteiger partial charge in [0.15, 0.2) is 23.5 Å². The SMILES string of the molecule is CN(C)c1nc2c(ncn2[C@@H]2O[C@H](COC(=O)C(O)Cc3ccc(O)cc3)C(O)C2O)c(=O)[nH]1. The summed E-state index contributed by atoms with van der Waals surface area (Å²) in [6.45, 7) is -0.427. The third-order valence-electron chi connectivity index (χ3n) is 5.48. The van der Waals surface area contributed by atoms with E-state index in [2.05, 4.69) is 15.0 Å². The maximum absolute atomic E-state index is 12.3. The summed E-state index contributed by atoms with van der Waals surface area (Å²) in [5, 5.41) is 40.4. The van der Waals surface area contributed by atoms with E-state index in [-0.39, 0.29) is 29.3 Å². The molecule has 0 aliphatic carbocycles. The molecule has 0 amide bonds. The van der Waals surface area contributed by atoms with Crippen molar-refractivity contribution in [1.29, 1.82) is 0 Å². The van der Waals surface area contributed by atoms with E-state index in [4.69, 9.17) is 9.47 Å². The topological polar surface area (TPSA) is 183 Å². The lowest BCUT2D eigenvalue weighted by Gasteiger charge is -2.17. The third kappa shape index (κ3) is 4.59. The van der Waals surface area contributed by atoms with Crippen LogP contribution >= 0.6 is 0 Å². The lowest BCUT2D eigenvalue weighted by atomic mass is 10.1.